The molecule has 0 aliphatic heterocycles. The minimum absolute atomic E-state index is 0.261. The number of benzene rings is 1. The number of aromatic amines is 1. The Morgan fingerprint density at radius 3 is 2.45 bits per heavy atom. The van der Waals surface area contributed by atoms with Crippen LogP contribution in [0.2, 0.25) is 0 Å². The van der Waals surface area contributed by atoms with Gasteiger partial charge in [0.1, 0.15) is 0 Å². The van der Waals surface area contributed by atoms with Crippen LogP contribution in [-0.2, 0) is 4.74 Å². The van der Waals surface area contributed by atoms with E-state index in [9.17, 15) is 9.59 Å². The van der Waals surface area contributed by atoms with Gasteiger partial charge in [0.2, 0.25) is 0 Å². The molecule has 0 aliphatic rings. The van der Waals surface area contributed by atoms with E-state index in [1.807, 2.05) is 13.8 Å². The van der Waals surface area contributed by atoms with Crippen molar-refractivity contribution in [1.29, 1.82) is 0 Å². The molecular weight excluding hydrogens is 256 g/mol. The molecular formula is C15H16N2O3. The number of anilines is 1. The van der Waals surface area contributed by atoms with Crippen LogP contribution in [0.3, 0.4) is 0 Å². The van der Waals surface area contributed by atoms with E-state index in [2.05, 4.69) is 10.3 Å². The standard InChI is InChI=1S/C15H16N2O3/c1-9-8-12(10(2)16-9)14(18)17-13-7-5-4-6-11(13)15(19)20-3/h4-8,16H,1-3H3,(H,17,18). The fourth-order valence-corrected chi connectivity index (χ4v) is 2.03. The number of methoxy groups -OCH3 is 1. The van der Waals surface area contributed by atoms with Crippen molar-refractivity contribution in [2.24, 2.45) is 0 Å². The molecule has 0 fully saturated rings. The van der Waals surface area contributed by atoms with Crippen molar-refractivity contribution in [2.75, 3.05) is 12.4 Å². The first kappa shape index (κ1) is 13.9. The summed E-state index contributed by atoms with van der Waals surface area (Å²) in [7, 11) is 1.31. The minimum Gasteiger partial charge on any atom is -0.465 e. The first-order valence-corrected chi connectivity index (χ1v) is 6.18. The van der Waals surface area contributed by atoms with Crippen molar-refractivity contribution >= 4 is 17.6 Å². The van der Waals surface area contributed by atoms with Crippen LogP contribution < -0.4 is 5.32 Å². The number of aromatic nitrogens is 1. The summed E-state index contributed by atoms with van der Waals surface area (Å²) in [6, 6.07) is 8.51. The molecule has 2 aromatic rings. The molecule has 0 radical (unpaired) electrons. The number of aryl methyl sites for hydroxylation is 2. The topological polar surface area (TPSA) is 71.2 Å². The second-order valence-electron chi connectivity index (χ2n) is 4.48. The largest absolute Gasteiger partial charge is 0.465 e. The Morgan fingerprint density at radius 1 is 1.15 bits per heavy atom. The second kappa shape index (κ2) is 5.61. The maximum absolute atomic E-state index is 12.2. The molecule has 0 unspecified atom stereocenters. The predicted molar refractivity (Wildman–Crippen MR) is 76.0 cm³/mol. The Kier molecular flexibility index (Phi) is 3.89. The van der Waals surface area contributed by atoms with E-state index in [0.717, 1.165) is 11.4 Å². The minimum atomic E-state index is -0.483. The smallest absolute Gasteiger partial charge is 0.339 e. The normalized spacial score (nSPS) is 10.2. The summed E-state index contributed by atoms with van der Waals surface area (Å²) in [5.41, 5.74) is 3.02. The van der Waals surface area contributed by atoms with E-state index in [0.29, 0.717) is 16.8 Å². The van der Waals surface area contributed by atoms with Gasteiger partial charge in [0.25, 0.3) is 5.91 Å². The Morgan fingerprint density at radius 2 is 1.85 bits per heavy atom. The summed E-state index contributed by atoms with van der Waals surface area (Å²) in [4.78, 5) is 26.9. The molecule has 0 saturated carbocycles. The maximum atomic E-state index is 12.2. The molecule has 2 N–H and O–H groups in total. The number of carbonyl (C=O) groups excluding carboxylic acids is 2. The van der Waals surface area contributed by atoms with E-state index in [4.69, 9.17) is 4.74 Å². The summed E-state index contributed by atoms with van der Waals surface area (Å²) in [5.74, 6) is -0.744. The van der Waals surface area contributed by atoms with E-state index >= 15 is 0 Å². The summed E-state index contributed by atoms with van der Waals surface area (Å²) >= 11 is 0. The van der Waals surface area contributed by atoms with Crippen molar-refractivity contribution in [1.82, 2.24) is 4.98 Å². The van der Waals surface area contributed by atoms with Crippen LogP contribution in [0.1, 0.15) is 32.1 Å². The Balaban J connectivity index is 2.29. The molecule has 104 valence electrons. The summed E-state index contributed by atoms with van der Waals surface area (Å²) in [6.07, 6.45) is 0. The van der Waals surface area contributed by atoms with Gasteiger partial charge in [-0.05, 0) is 32.0 Å². The number of H-pyrrole nitrogens is 1. The number of amides is 1. The summed E-state index contributed by atoms with van der Waals surface area (Å²) < 4.78 is 4.70. The molecule has 1 aromatic heterocycles. The zero-order valence-electron chi connectivity index (χ0n) is 11.6. The number of hydrogen-bond donors (Lipinski definition) is 2. The van der Waals surface area contributed by atoms with E-state index < -0.39 is 5.97 Å². The third-order valence-corrected chi connectivity index (χ3v) is 2.97. The highest BCUT2D eigenvalue weighted by atomic mass is 16.5. The van der Waals surface area contributed by atoms with Crippen molar-refractivity contribution < 1.29 is 14.3 Å². The third kappa shape index (κ3) is 2.71. The lowest BCUT2D eigenvalue weighted by atomic mass is 10.1. The highest BCUT2D eigenvalue weighted by Crippen LogP contribution is 2.18. The molecule has 0 spiro atoms. The van der Waals surface area contributed by atoms with Gasteiger partial charge in [-0.3, -0.25) is 4.79 Å². The predicted octanol–water partition coefficient (Wildman–Crippen LogP) is 2.67. The molecule has 0 saturated heterocycles. The average molecular weight is 272 g/mol. The summed E-state index contributed by atoms with van der Waals surface area (Å²) in [6.45, 7) is 3.71. The highest BCUT2D eigenvalue weighted by Gasteiger charge is 2.16. The summed E-state index contributed by atoms with van der Waals surface area (Å²) in [5, 5.41) is 2.74. The molecule has 20 heavy (non-hydrogen) atoms. The number of nitrogens with one attached hydrogen (secondary N) is 2. The quantitative estimate of drug-likeness (QED) is 0.844. The highest BCUT2D eigenvalue weighted by molar-refractivity contribution is 6.08. The molecule has 5 heteroatoms. The van der Waals surface area contributed by atoms with E-state index in [1.165, 1.54) is 7.11 Å². The zero-order chi connectivity index (χ0) is 14.7. The zero-order valence-corrected chi connectivity index (χ0v) is 11.6. The Hall–Kier alpha value is -2.56. The van der Waals surface area contributed by atoms with Gasteiger partial charge in [-0.15, -0.1) is 0 Å². The van der Waals surface area contributed by atoms with Crippen molar-refractivity contribution in [3.8, 4) is 0 Å². The van der Waals surface area contributed by atoms with Gasteiger partial charge in [0, 0.05) is 11.4 Å². The number of esters is 1. The fraction of sp³-hybridized carbons (Fsp3) is 0.200. The lowest BCUT2D eigenvalue weighted by Crippen LogP contribution is -2.15. The molecule has 1 aromatic carbocycles. The van der Waals surface area contributed by atoms with Crippen molar-refractivity contribution in [3.05, 3.63) is 52.8 Å². The fourth-order valence-electron chi connectivity index (χ4n) is 2.03. The molecule has 1 heterocycles. The van der Waals surface area contributed by atoms with Gasteiger partial charge in [0.05, 0.1) is 23.9 Å². The van der Waals surface area contributed by atoms with Crippen LogP contribution >= 0.6 is 0 Å². The number of para-hydroxylation sites is 1. The van der Waals surface area contributed by atoms with Crippen LogP contribution in [0.25, 0.3) is 0 Å². The lowest BCUT2D eigenvalue weighted by molar-refractivity contribution is 0.0602. The Bertz CT molecular complexity index is 659. The van der Waals surface area contributed by atoms with Gasteiger partial charge in [-0.2, -0.15) is 0 Å². The average Bonchev–Trinajstić information content (AvgIpc) is 2.77. The maximum Gasteiger partial charge on any atom is 0.339 e. The number of carbonyl (C=O) groups is 2. The molecule has 1 amide bonds. The van der Waals surface area contributed by atoms with E-state index in [-0.39, 0.29) is 5.91 Å². The monoisotopic (exact) mass is 272 g/mol. The van der Waals surface area contributed by atoms with Gasteiger partial charge < -0.3 is 15.0 Å². The van der Waals surface area contributed by atoms with E-state index in [1.54, 1.807) is 30.3 Å². The van der Waals surface area contributed by atoms with Crippen molar-refractivity contribution in [2.45, 2.75) is 13.8 Å². The second-order valence-corrected chi connectivity index (χ2v) is 4.48. The SMILES string of the molecule is COC(=O)c1ccccc1NC(=O)c1cc(C)[nH]c1C. The van der Waals surface area contributed by atoms with Gasteiger partial charge >= 0.3 is 5.97 Å². The number of hydrogen-bond acceptors (Lipinski definition) is 3. The van der Waals surface area contributed by atoms with Crippen LogP contribution in [-0.4, -0.2) is 24.0 Å². The van der Waals surface area contributed by atoms with Gasteiger partial charge in [-0.1, -0.05) is 12.1 Å². The Labute approximate surface area is 117 Å². The number of ether oxygens (including phenoxy) is 1. The molecule has 0 aliphatic carbocycles. The first-order chi connectivity index (χ1) is 9.52. The van der Waals surface area contributed by atoms with Crippen LogP contribution in [0.4, 0.5) is 5.69 Å². The van der Waals surface area contributed by atoms with Crippen molar-refractivity contribution in [3.63, 3.8) is 0 Å². The van der Waals surface area contributed by atoms with Crippen LogP contribution in [0.15, 0.2) is 30.3 Å². The van der Waals surface area contributed by atoms with Crippen LogP contribution in [0, 0.1) is 13.8 Å². The lowest BCUT2D eigenvalue weighted by Gasteiger charge is -2.09. The van der Waals surface area contributed by atoms with Gasteiger partial charge in [0.15, 0.2) is 0 Å². The third-order valence-electron chi connectivity index (χ3n) is 2.97. The first-order valence-electron chi connectivity index (χ1n) is 6.18. The molecule has 0 atom stereocenters. The van der Waals surface area contributed by atoms with Crippen LogP contribution in [0.5, 0.6) is 0 Å². The number of rotatable bonds is 3. The molecule has 2 rings (SSSR count). The van der Waals surface area contributed by atoms with Gasteiger partial charge in [-0.25, -0.2) is 4.79 Å². The molecule has 0 bridgehead atoms. The molecule has 5 nitrogen and oxygen atoms in total.